The SMILES string of the molecule is CCOC(=O)c1[nH]cc2c1NC1=C(C(=O)CNC1)C2c1ccc(Sc2nc3ccc(Cl)cc3[nH]2)o1. The number of hydrogen-bond donors (Lipinski definition) is 4. The number of nitrogens with zero attached hydrogens (tertiary/aromatic N) is 1. The number of aromatic amines is 2. The number of carbonyl (C=O) groups excluding carboxylic acids is 2. The van der Waals surface area contributed by atoms with Gasteiger partial charge in [0.1, 0.15) is 11.5 Å². The van der Waals surface area contributed by atoms with E-state index in [1.807, 2.05) is 24.3 Å². The van der Waals surface area contributed by atoms with E-state index >= 15 is 0 Å². The fraction of sp³-hybridized carbons (Fsp3) is 0.208. The van der Waals surface area contributed by atoms with Crippen LogP contribution in [-0.2, 0) is 9.53 Å². The number of esters is 1. The highest BCUT2D eigenvalue weighted by atomic mass is 35.5. The van der Waals surface area contributed by atoms with Gasteiger partial charge in [0.25, 0.3) is 0 Å². The molecular formula is C24H20ClN5O4S. The van der Waals surface area contributed by atoms with E-state index in [4.69, 9.17) is 20.8 Å². The van der Waals surface area contributed by atoms with Crippen molar-refractivity contribution in [1.82, 2.24) is 20.3 Å². The zero-order valence-electron chi connectivity index (χ0n) is 18.5. The molecule has 0 amide bonds. The van der Waals surface area contributed by atoms with Crippen molar-refractivity contribution in [2.45, 2.75) is 23.1 Å². The second-order valence-electron chi connectivity index (χ2n) is 8.15. The van der Waals surface area contributed by atoms with Crippen molar-refractivity contribution in [2.75, 3.05) is 25.0 Å². The molecule has 5 heterocycles. The molecule has 11 heteroatoms. The average Bonchev–Trinajstić information content (AvgIpc) is 3.56. The molecule has 0 aliphatic carbocycles. The van der Waals surface area contributed by atoms with Crippen LogP contribution >= 0.6 is 23.4 Å². The number of nitrogens with one attached hydrogen (secondary N) is 4. The summed E-state index contributed by atoms with van der Waals surface area (Å²) in [6, 6.07) is 9.18. The third-order valence-corrected chi connectivity index (χ3v) is 7.03. The monoisotopic (exact) mass is 509 g/mol. The van der Waals surface area contributed by atoms with Gasteiger partial charge in [-0.1, -0.05) is 11.6 Å². The van der Waals surface area contributed by atoms with Crippen LogP contribution in [-0.4, -0.2) is 46.4 Å². The third kappa shape index (κ3) is 3.83. The van der Waals surface area contributed by atoms with Crippen molar-refractivity contribution in [3.63, 3.8) is 0 Å². The molecule has 0 saturated carbocycles. The molecular weight excluding hydrogens is 490 g/mol. The molecule has 2 aliphatic rings. The first-order chi connectivity index (χ1) is 17.0. The van der Waals surface area contributed by atoms with Gasteiger partial charge >= 0.3 is 5.97 Å². The van der Waals surface area contributed by atoms with Crippen molar-refractivity contribution in [2.24, 2.45) is 0 Å². The topological polar surface area (TPSA) is 125 Å². The van der Waals surface area contributed by atoms with Gasteiger partial charge in [-0.25, -0.2) is 9.78 Å². The number of halogens is 1. The zero-order valence-corrected chi connectivity index (χ0v) is 20.1. The number of carbonyl (C=O) groups is 2. The van der Waals surface area contributed by atoms with Crippen molar-refractivity contribution in [3.8, 4) is 0 Å². The number of hydrogen-bond acceptors (Lipinski definition) is 8. The lowest BCUT2D eigenvalue weighted by atomic mass is 9.82. The molecule has 0 saturated heterocycles. The highest BCUT2D eigenvalue weighted by Crippen LogP contribution is 2.45. The second kappa shape index (κ2) is 8.63. The molecule has 178 valence electrons. The van der Waals surface area contributed by atoms with Crippen LogP contribution in [0.1, 0.15) is 34.7 Å². The quantitative estimate of drug-likeness (QED) is 0.291. The van der Waals surface area contributed by atoms with E-state index in [0.717, 1.165) is 22.3 Å². The van der Waals surface area contributed by atoms with Crippen LogP contribution in [0.4, 0.5) is 5.69 Å². The van der Waals surface area contributed by atoms with Gasteiger partial charge in [-0.2, -0.15) is 0 Å². The van der Waals surface area contributed by atoms with Crippen LogP contribution in [0.2, 0.25) is 5.02 Å². The first-order valence-electron chi connectivity index (χ1n) is 11.1. The van der Waals surface area contributed by atoms with Crippen LogP contribution in [0.3, 0.4) is 0 Å². The molecule has 6 rings (SSSR count). The minimum atomic E-state index is -0.459. The first kappa shape index (κ1) is 22.0. The van der Waals surface area contributed by atoms with E-state index in [1.54, 1.807) is 19.2 Å². The normalized spacial score (nSPS) is 17.3. The summed E-state index contributed by atoms with van der Waals surface area (Å²) in [5.41, 5.74) is 4.68. The summed E-state index contributed by atoms with van der Waals surface area (Å²) in [5.74, 6) is -0.335. The van der Waals surface area contributed by atoms with E-state index in [2.05, 4.69) is 25.6 Å². The summed E-state index contributed by atoms with van der Waals surface area (Å²) in [5, 5.41) is 8.29. The van der Waals surface area contributed by atoms with Gasteiger partial charge in [-0.3, -0.25) is 4.79 Å². The molecule has 0 fully saturated rings. The molecule has 1 aromatic carbocycles. The lowest BCUT2D eigenvalue weighted by molar-refractivity contribution is -0.115. The van der Waals surface area contributed by atoms with E-state index < -0.39 is 11.9 Å². The number of H-pyrrole nitrogens is 2. The number of anilines is 1. The van der Waals surface area contributed by atoms with Gasteiger partial charge in [-0.05, 0) is 49.0 Å². The largest absolute Gasteiger partial charge is 0.461 e. The molecule has 4 N–H and O–H groups in total. The molecule has 9 nitrogen and oxygen atoms in total. The lowest BCUT2D eigenvalue weighted by Crippen LogP contribution is -2.39. The predicted octanol–water partition coefficient (Wildman–Crippen LogP) is 4.45. The first-order valence-corrected chi connectivity index (χ1v) is 12.3. The zero-order chi connectivity index (χ0) is 24.1. The Morgan fingerprint density at radius 2 is 2.17 bits per heavy atom. The fourth-order valence-corrected chi connectivity index (χ4v) is 5.46. The summed E-state index contributed by atoms with van der Waals surface area (Å²) in [6.07, 6.45) is 1.73. The van der Waals surface area contributed by atoms with Crippen LogP contribution in [0, 0.1) is 0 Å². The molecule has 0 bridgehead atoms. The van der Waals surface area contributed by atoms with Gasteiger partial charge < -0.3 is 29.8 Å². The Kier molecular flexibility index (Phi) is 5.43. The van der Waals surface area contributed by atoms with E-state index in [9.17, 15) is 9.59 Å². The average molecular weight is 510 g/mol. The second-order valence-corrected chi connectivity index (χ2v) is 9.58. The minimum Gasteiger partial charge on any atom is -0.461 e. The van der Waals surface area contributed by atoms with Gasteiger partial charge in [0.05, 0.1) is 35.8 Å². The Bertz CT molecular complexity index is 1520. The number of ketones is 1. The molecule has 35 heavy (non-hydrogen) atoms. The smallest absolute Gasteiger partial charge is 0.356 e. The number of furan rings is 1. The number of imidazole rings is 1. The van der Waals surface area contributed by atoms with Crippen molar-refractivity contribution >= 4 is 51.8 Å². The Balaban J connectivity index is 1.37. The Morgan fingerprint density at radius 3 is 3.03 bits per heavy atom. The Labute approximate surface area is 208 Å². The van der Waals surface area contributed by atoms with E-state index in [0.29, 0.717) is 44.5 Å². The highest BCUT2D eigenvalue weighted by molar-refractivity contribution is 7.99. The van der Waals surface area contributed by atoms with E-state index in [-0.39, 0.29) is 18.9 Å². The van der Waals surface area contributed by atoms with Crippen LogP contribution in [0.5, 0.6) is 0 Å². The Morgan fingerprint density at radius 1 is 1.29 bits per heavy atom. The molecule has 3 aromatic heterocycles. The number of aromatic nitrogens is 3. The predicted molar refractivity (Wildman–Crippen MR) is 131 cm³/mol. The lowest BCUT2D eigenvalue weighted by Gasteiger charge is -2.31. The van der Waals surface area contributed by atoms with Gasteiger partial charge in [0.2, 0.25) is 0 Å². The standard InChI is InChI=1S/C24H20ClN5O4S/c1-2-33-23(32)22-21-12(8-27-22)19(20-15(28-21)9-26-10-16(20)31)17-5-6-18(34-17)35-24-29-13-4-3-11(25)7-14(13)30-24/h3-8,19,26-28H,2,9-10H2,1H3,(H,29,30). The third-order valence-electron chi connectivity index (χ3n) is 5.98. The summed E-state index contributed by atoms with van der Waals surface area (Å²) in [4.78, 5) is 36.3. The number of benzene rings is 1. The summed E-state index contributed by atoms with van der Waals surface area (Å²) in [6.45, 7) is 2.74. The Hall–Kier alpha value is -3.47. The number of fused-ring (bicyclic) bond motifs is 2. The maximum absolute atomic E-state index is 13.0. The van der Waals surface area contributed by atoms with Gasteiger partial charge in [0, 0.05) is 34.6 Å². The van der Waals surface area contributed by atoms with Crippen molar-refractivity contribution in [3.05, 3.63) is 69.8 Å². The van der Waals surface area contributed by atoms with Crippen LogP contribution in [0.25, 0.3) is 11.0 Å². The van der Waals surface area contributed by atoms with Crippen LogP contribution < -0.4 is 10.6 Å². The highest BCUT2D eigenvalue weighted by Gasteiger charge is 2.39. The molecule has 1 atom stereocenters. The maximum Gasteiger partial charge on any atom is 0.356 e. The summed E-state index contributed by atoms with van der Waals surface area (Å²) < 4.78 is 11.4. The molecule has 4 aromatic rings. The molecule has 0 spiro atoms. The summed E-state index contributed by atoms with van der Waals surface area (Å²) >= 11 is 7.42. The molecule has 0 radical (unpaired) electrons. The fourth-order valence-electron chi connectivity index (χ4n) is 4.52. The number of Topliss-reactive ketones (excluding diaryl/α,β-unsaturated/α-hetero) is 1. The van der Waals surface area contributed by atoms with Crippen molar-refractivity contribution < 1.29 is 18.7 Å². The van der Waals surface area contributed by atoms with Crippen LogP contribution in [0.15, 0.2) is 62.5 Å². The van der Waals surface area contributed by atoms with Crippen molar-refractivity contribution in [1.29, 1.82) is 0 Å². The van der Waals surface area contributed by atoms with Gasteiger partial charge in [0.15, 0.2) is 16.0 Å². The minimum absolute atomic E-state index is 0.0203. The van der Waals surface area contributed by atoms with E-state index in [1.165, 1.54) is 11.8 Å². The molecule has 2 aliphatic heterocycles. The van der Waals surface area contributed by atoms with Gasteiger partial charge in [-0.15, -0.1) is 0 Å². The maximum atomic E-state index is 13.0. The number of rotatable bonds is 5. The number of ether oxygens (including phenoxy) is 1. The summed E-state index contributed by atoms with van der Waals surface area (Å²) in [7, 11) is 0. The molecule has 1 unspecified atom stereocenters.